The number of halogens is 1. The average molecular weight is 288 g/mol. The normalized spacial score (nSPS) is 20.6. The largest absolute Gasteiger partial charge is 0.489 e. The summed E-state index contributed by atoms with van der Waals surface area (Å²) < 4.78 is 7.15. The van der Waals surface area contributed by atoms with Crippen LogP contribution in [0, 0.1) is 3.57 Å². The van der Waals surface area contributed by atoms with Crippen LogP contribution in [0.1, 0.15) is 25.3 Å². The summed E-state index contributed by atoms with van der Waals surface area (Å²) in [5.74, 6) is 1.13. The number of rotatable bonds is 1. The molecule has 0 bridgehead atoms. The van der Waals surface area contributed by atoms with Crippen LogP contribution < -0.4 is 4.74 Å². The molecule has 1 nitrogen and oxygen atoms in total. The summed E-state index contributed by atoms with van der Waals surface area (Å²) in [5, 5.41) is 0. The highest BCUT2D eigenvalue weighted by atomic mass is 127. The van der Waals surface area contributed by atoms with E-state index in [1.54, 1.807) is 0 Å². The number of aryl methyl sites for hydroxylation is 1. The molecule has 1 heterocycles. The van der Waals surface area contributed by atoms with Crippen molar-refractivity contribution in [3.8, 4) is 5.75 Å². The first-order valence-electron chi connectivity index (χ1n) is 4.75. The third-order valence-corrected chi connectivity index (χ3v) is 3.37. The summed E-state index contributed by atoms with van der Waals surface area (Å²) in [7, 11) is 0. The van der Waals surface area contributed by atoms with E-state index in [2.05, 4.69) is 47.7 Å². The lowest BCUT2D eigenvalue weighted by molar-refractivity contribution is 0.168. The smallest absolute Gasteiger partial charge is 0.136 e. The quantitative estimate of drug-likeness (QED) is 0.720. The summed E-state index contributed by atoms with van der Waals surface area (Å²) >= 11 is 2.34. The maximum absolute atomic E-state index is 5.90. The second-order valence-corrected chi connectivity index (χ2v) is 4.58. The van der Waals surface area contributed by atoms with E-state index < -0.39 is 0 Å². The van der Waals surface area contributed by atoms with Gasteiger partial charge in [-0.25, -0.2) is 0 Å². The van der Waals surface area contributed by atoms with Crippen LogP contribution in [0.25, 0.3) is 0 Å². The molecule has 1 unspecified atom stereocenters. The van der Waals surface area contributed by atoms with Gasteiger partial charge in [0.2, 0.25) is 0 Å². The lowest BCUT2D eigenvalue weighted by Gasteiger charge is -2.25. The van der Waals surface area contributed by atoms with Gasteiger partial charge in [-0.3, -0.25) is 0 Å². The first-order chi connectivity index (χ1) is 6.31. The lowest BCUT2D eigenvalue weighted by Crippen LogP contribution is -2.22. The van der Waals surface area contributed by atoms with E-state index in [4.69, 9.17) is 4.74 Å². The van der Waals surface area contributed by atoms with Crippen molar-refractivity contribution in [3.05, 3.63) is 27.3 Å². The molecule has 0 aromatic heterocycles. The molecule has 1 atom stereocenters. The summed E-state index contributed by atoms with van der Waals surface area (Å²) in [6, 6.07) is 6.39. The molecule has 13 heavy (non-hydrogen) atoms. The van der Waals surface area contributed by atoms with Crippen molar-refractivity contribution in [2.45, 2.75) is 32.3 Å². The summed E-state index contributed by atoms with van der Waals surface area (Å²) in [6.07, 6.45) is 3.89. The Labute approximate surface area is 92.6 Å². The van der Waals surface area contributed by atoms with Crippen LogP contribution in [-0.2, 0) is 6.42 Å². The Morgan fingerprint density at radius 1 is 1.54 bits per heavy atom. The summed E-state index contributed by atoms with van der Waals surface area (Å²) in [6.45, 7) is 2.19. The van der Waals surface area contributed by atoms with Gasteiger partial charge in [0.25, 0.3) is 0 Å². The van der Waals surface area contributed by atoms with E-state index in [1.165, 1.54) is 22.0 Å². The molecule has 0 radical (unpaired) electrons. The number of ether oxygens (including phenoxy) is 1. The zero-order valence-corrected chi connectivity index (χ0v) is 9.87. The fourth-order valence-corrected chi connectivity index (χ4v) is 2.39. The molecule has 1 aromatic rings. The Morgan fingerprint density at radius 3 is 3.15 bits per heavy atom. The molecule has 0 spiro atoms. The van der Waals surface area contributed by atoms with Crippen molar-refractivity contribution < 1.29 is 4.74 Å². The highest BCUT2D eigenvalue weighted by Crippen LogP contribution is 2.32. The summed E-state index contributed by atoms with van der Waals surface area (Å²) in [4.78, 5) is 0. The molecule has 0 saturated carbocycles. The van der Waals surface area contributed by atoms with Gasteiger partial charge in [-0.1, -0.05) is 19.1 Å². The molecule has 0 aliphatic carbocycles. The Kier molecular flexibility index (Phi) is 2.77. The van der Waals surface area contributed by atoms with Gasteiger partial charge in [-0.05, 0) is 53.5 Å². The lowest BCUT2D eigenvalue weighted by atomic mass is 10.0. The van der Waals surface area contributed by atoms with Gasteiger partial charge in [-0.15, -0.1) is 0 Å². The molecular weight excluding hydrogens is 275 g/mol. The third-order valence-electron chi connectivity index (χ3n) is 2.52. The molecule has 0 N–H and O–H groups in total. The van der Waals surface area contributed by atoms with Crippen LogP contribution in [0.3, 0.4) is 0 Å². The van der Waals surface area contributed by atoms with Gasteiger partial charge in [0.05, 0.1) is 9.67 Å². The Balaban J connectivity index is 2.32. The van der Waals surface area contributed by atoms with Crippen LogP contribution in [0.4, 0.5) is 0 Å². The van der Waals surface area contributed by atoms with Crippen molar-refractivity contribution >= 4 is 22.6 Å². The average Bonchev–Trinajstić information content (AvgIpc) is 2.18. The van der Waals surface area contributed by atoms with Gasteiger partial charge in [0.15, 0.2) is 0 Å². The first kappa shape index (κ1) is 9.31. The maximum Gasteiger partial charge on any atom is 0.136 e. The third kappa shape index (κ3) is 1.82. The van der Waals surface area contributed by atoms with Crippen LogP contribution >= 0.6 is 22.6 Å². The summed E-state index contributed by atoms with van der Waals surface area (Å²) in [5.41, 5.74) is 1.37. The van der Waals surface area contributed by atoms with Gasteiger partial charge in [0.1, 0.15) is 5.75 Å². The van der Waals surface area contributed by atoms with Gasteiger partial charge >= 0.3 is 0 Å². The zero-order chi connectivity index (χ0) is 9.26. The molecule has 2 rings (SSSR count). The minimum Gasteiger partial charge on any atom is -0.489 e. The van der Waals surface area contributed by atoms with Crippen molar-refractivity contribution in [1.29, 1.82) is 0 Å². The van der Waals surface area contributed by atoms with Crippen LogP contribution in [0.2, 0.25) is 0 Å². The first-order valence-corrected chi connectivity index (χ1v) is 5.83. The Morgan fingerprint density at radius 2 is 2.38 bits per heavy atom. The topological polar surface area (TPSA) is 9.23 Å². The van der Waals surface area contributed by atoms with E-state index in [1.807, 2.05) is 0 Å². The van der Waals surface area contributed by atoms with Crippen molar-refractivity contribution in [1.82, 2.24) is 0 Å². The molecule has 70 valence electrons. The minimum atomic E-state index is 0.434. The minimum absolute atomic E-state index is 0.434. The molecule has 0 fully saturated rings. The molecular formula is C11H13IO. The van der Waals surface area contributed by atoms with Gasteiger partial charge < -0.3 is 4.74 Å². The van der Waals surface area contributed by atoms with Gasteiger partial charge in [-0.2, -0.15) is 0 Å². The highest BCUT2D eigenvalue weighted by Gasteiger charge is 2.19. The number of para-hydroxylation sites is 1. The van der Waals surface area contributed by atoms with E-state index in [0.717, 1.165) is 12.2 Å². The predicted octanol–water partition coefficient (Wildman–Crippen LogP) is 3.39. The Hall–Kier alpha value is -0.250. The predicted molar refractivity (Wildman–Crippen MR) is 62.2 cm³/mol. The fourth-order valence-electron chi connectivity index (χ4n) is 1.71. The van der Waals surface area contributed by atoms with Crippen LogP contribution in [0.15, 0.2) is 18.2 Å². The number of hydrogen-bond acceptors (Lipinski definition) is 1. The maximum atomic E-state index is 5.90. The van der Waals surface area contributed by atoms with Crippen LogP contribution in [0.5, 0.6) is 5.75 Å². The molecule has 0 amide bonds. The molecule has 1 aliphatic rings. The fraction of sp³-hybridized carbons (Fsp3) is 0.455. The van der Waals surface area contributed by atoms with E-state index in [0.29, 0.717) is 6.10 Å². The van der Waals surface area contributed by atoms with Crippen molar-refractivity contribution in [3.63, 3.8) is 0 Å². The molecule has 1 aromatic carbocycles. The van der Waals surface area contributed by atoms with Crippen molar-refractivity contribution in [2.24, 2.45) is 0 Å². The zero-order valence-electron chi connectivity index (χ0n) is 7.72. The number of benzene rings is 1. The second kappa shape index (κ2) is 3.86. The van der Waals surface area contributed by atoms with E-state index in [9.17, 15) is 0 Å². The molecule has 0 saturated heterocycles. The monoisotopic (exact) mass is 288 g/mol. The number of fused-ring (bicyclic) bond motifs is 1. The molecule has 1 aliphatic heterocycles. The second-order valence-electron chi connectivity index (χ2n) is 3.41. The Bertz CT molecular complexity index is 309. The highest BCUT2D eigenvalue weighted by molar-refractivity contribution is 14.1. The SMILES string of the molecule is CCC1CCc2cccc(I)c2O1. The van der Waals surface area contributed by atoms with E-state index >= 15 is 0 Å². The molecule has 2 heteroatoms. The van der Waals surface area contributed by atoms with E-state index in [-0.39, 0.29) is 0 Å². The van der Waals surface area contributed by atoms with Crippen LogP contribution in [-0.4, -0.2) is 6.10 Å². The number of hydrogen-bond donors (Lipinski definition) is 0. The van der Waals surface area contributed by atoms with Gasteiger partial charge in [0, 0.05) is 0 Å². The standard InChI is InChI=1S/C11H13IO/c1-2-9-7-6-8-4-3-5-10(12)11(8)13-9/h3-5,9H,2,6-7H2,1H3. The van der Waals surface area contributed by atoms with Crippen molar-refractivity contribution in [2.75, 3.05) is 0 Å².